The first kappa shape index (κ1) is 16.4. The summed E-state index contributed by atoms with van der Waals surface area (Å²) in [6, 6.07) is 17.9. The van der Waals surface area contributed by atoms with Crippen LogP contribution in [0, 0.1) is 0 Å². The van der Waals surface area contributed by atoms with E-state index in [1.54, 1.807) is 11.8 Å². The second-order valence-electron chi connectivity index (χ2n) is 4.77. The summed E-state index contributed by atoms with van der Waals surface area (Å²) >= 11 is 1.70. The van der Waals surface area contributed by atoms with Crippen molar-refractivity contribution in [3.05, 3.63) is 60.2 Å². The average Bonchev–Trinajstić information content (AvgIpc) is 2.55. The quantitative estimate of drug-likeness (QED) is 0.751. The summed E-state index contributed by atoms with van der Waals surface area (Å²) in [5.41, 5.74) is 1.08. The van der Waals surface area contributed by atoms with Gasteiger partial charge in [0.1, 0.15) is 5.75 Å². The fourth-order valence-corrected chi connectivity index (χ4v) is 2.81. The van der Waals surface area contributed by atoms with E-state index in [4.69, 9.17) is 4.74 Å². The molecule has 0 aliphatic rings. The molecule has 22 heavy (non-hydrogen) atoms. The van der Waals surface area contributed by atoms with Gasteiger partial charge in [0.25, 0.3) is 0 Å². The van der Waals surface area contributed by atoms with Gasteiger partial charge in [-0.2, -0.15) is 0 Å². The van der Waals surface area contributed by atoms with Crippen LogP contribution in [0.2, 0.25) is 0 Å². The summed E-state index contributed by atoms with van der Waals surface area (Å²) in [4.78, 5) is 13.0. The average molecular weight is 315 g/mol. The van der Waals surface area contributed by atoms with Crippen LogP contribution in [0.4, 0.5) is 0 Å². The van der Waals surface area contributed by atoms with E-state index in [1.165, 1.54) is 4.90 Å². The molecule has 116 valence electrons. The summed E-state index contributed by atoms with van der Waals surface area (Å²) in [7, 11) is 0. The molecule has 0 spiro atoms. The number of carbonyl (C=O) groups excluding carboxylic acids is 1. The van der Waals surface area contributed by atoms with Crippen LogP contribution in [-0.4, -0.2) is 18.3 Å². The van der Waals surface area contributed by atoms with Crippen molar-refractivity contribution in [1.29, 1.82) is 0 Å². The first-order chi connectivity index (χ1) is 10.8. The number of carbonyl (C=O) groups is 1. The zero-order valence-corrected chi connectivity index (χ0v) is 13.6. The summed E-state index contributed by atoms with van der Waals surface area (Å²) in [6.45, 7) is 3.18. The Morgan fingerprint density at radius 1 is 1.09 bits per heavy atom. The minimum atomic E-state index is 0.0808. The first-order valence-electron chi connectivity index (χ1n) is 7.44. The van der Waals surface area contributed by atoms with Crippen molar-refractivity contribution in [2.45, 2.75) is 24.8 Å². The van der Waals surface area contributed by atoms with Crippen LogP contribution in [-0.2, 0) is 11.3 Å². The van der Waals surface area contributed by atoms with Crippen molar-refractivity contribution in [3.8, 4) is 5.75 Å². The Morgan fingerprint density at radius 3 is 2.50 bits per heavy atom. The molecule has 4 heteroatoms. The fourth-order valence-electron chi connectivity index (χ4n) is 1.94. The molecule has 0 aliphatic heterocycles. The summed E-state index contributed by atoms with van der Waals surface area (Å²) in [5.74, 6) is 1.73. The van der Waals surface area contributed by atoms with Crippen LogP contribution < -0.4 is 10.1 Å². The van der Waals surface area contributed by atoms with Gasteiger partial charge in [-0.15, -0.1) is 11.8 Å². The van der Waals surface area contributed by atoms with E-state index in [2.05, 4.69) is 17.4 Å². The monoisotopic (exact) mass is 315 g/mol. The Hall–Kier alpha value is -1.94. The van der Waals surface area contributed by atoms with Gasteiger partial charge >= 0.3 is 0 Å². The molecule has 2 aromatic rings. The molecule has 0 fully saturated rings. The Bertz CT molecular complexity index is 569. The highest BCUT2D eigenvalue weighted by Crippen LogP contribution is 2.17. The molecule has 2 rings (SSSR count). The first-order valence-corrected chi connectivity index (χ1v) is 8.43. The van der Waals surface area contributed by atoms with Gasteiger partial charge in [-0.05, 0) is 36.8 Å². The van der Waals surface area contributed by atoms with Gasteiger partial charge in [0.2, 0.25) is 5.91 Å². The maximum absolute atomic E-state index is 11.8. The van der Waals surface area contributed by atoms with E-state index in [1.807, 2.05) is 49.4 Å². The molecule has 0 bridgehead atoms. The van der Waals surface area contributed by atoms with Gasteiger partial charge in [0.05, 0.1) is 6.61 Å². The van der Waals surface area contributed by atoms with Crippen LogP contribution in [0.25, 0.3) is 0 Å². The van der Waals surface area contributed by atoms with Crippen molar-refractivity contribution in [1.82, 2.24) is 5.32 Å². The van der Waals surface area contributed by atoms with E-state index in [0.717, 1.165) is 17.1 Å². The highest BCUT2D eigenvalue weighted by molar-refractivity contribution is 7.99. The largest absolute Gasteiger partial charge is 0.494 e. The summed E-state index contributed by atoms with van der Waals surface area (Å²) in [6.07, 6.45) is 0.524. The maximum atomic E-state index is 11.8. The van der Waals surface area contributed by atoms with Crippen LogP contribution in [0.3, 0.4) is 0 Å². The van der Waals surface area contributed by atoms with Crippen molar-refractivity contribution in [3.63, 3.8) is 0 Å². The second kappa shape index (κ2) is 9.15. The molecule has 3 nitrogen and oxygen atoms in total. The number of thioether (sulfide) groups is 1. The van der Waals surface area contributed by atoms with Crippen LogP contribution in [0.15, 0.2) is 59.5 Å². The predicted octanol–water partition coefficient (Wildman–Crippen LogP) is 3.88. The molecule has 0 aromatic heterocycles. The molecule has 0 heterocycles. The molecule has 2 aromatic carbocycles. The third-order valence-corrected chi connectivity index (χ3v) is 4.08. The Balaban J connectivity index is 1.67. The molecular weight excluding hydrogens is 294 g/mol. The highest BCUT2D eigenvalue weighted by Gasteiger charge is 2.02. The number of rotatable bonds is 8. The lowest BCUT2D eigenvalue weighted by atomic mass is 10.2. The van der Waals surface area contributed by atoms with Crippen molar-refractivity contribution < 1.29 is 9.53 Å². The van der Waals surface area contributed by atoms with Crippen LogP contribution >= 0.6 is 11.8 Å². The van der Waals surface area contributed by atoms with Gasteiger partial charge in [-0.3, -0.25) is 4.79 Å². The molecule has 1 amide bonds. The number of hydrogen-bond donors (Lipinski definition) is 1. The van der Waals surface area contributed by atoms with E-state index in [9.17, 15) is 4.79 Å². The van der Waals surface area contributed by atoms with E-state index < -0.39 is 0 Å². The van der Waals surface area contributed by atoms with Crippen LogP contribution in [0.5, 0.6) is 5.75 Å². The number of nitrogens with one attached hydrogen (secondary N) is 1. The lowest BCUT2D eigenvalue weighted by Gasteiger charge is -2.07. The van der Waals surface area contributed by atoms with E-state index in [0.29, 0.717) is 19.6 Å². The van der Waals surface area contributed by atoms with Crippen LogP contribution in [0.1, 0.15) is 18.9 Å². The SMILES string of the molecule is CCOc1ccc(CNC(=O)CCSc2ccccc2)cc1. The van der Waals surface area contributed by atoms with Gasteiger partial charge < -0.3 is 10.1 Å². The van der Waals surface area contributed by atoms with E-state index in [-0.39, 0.29) is 5.91 Å². The molecule has 0 saturated carbocycles. The standard InChI is InChI=1S/C18H21NO2S/c1-2-21-16-10-8-15(9-11-16)14-19-18(20)12-13-22-17-6-4-3-5-7-17/h3-11H,2,12-14H2,1H3,(H,19,20). The predicted molar refractivity (Wildman–Crippen MR) is 91.2 cm³/mol. The number of hydrogen-bond acceptors (Lipinski definition) is 3. The highest BCUT2D eigenvalue weighted by atomic mass is 32.2. The fraction of sp³-hybridized carbons (Fsp3) is 0.278. The summed E-state index contributed by atoms with van der Waals surface area (Å²) < 4.78 is 5.39. The lowest BCUT2D eigenvalue weighted by Crippen LogP contribution is -2.22. The van der Waals surface area contributed by atoms with Gasteiger partial charge in [0.15, 0.2) is 0 Å². The van der Waals surface area contributed by atoms with Crippen molar-refractivity contribution >= 4 is 17.7 Å². The summed E-state index contributed by atoms with van der Waals surface area (Å²) in [5, 5.41) is 2.94. The molecule has 0 aliphatic carbocycles. The van der Waals surface area contributed by atoms with Gasteiger partial charge in [-0.1, -0.05) is 30.3 Å². The number of ether oxygens (including phenoxy) is 1. The lowest BCUT2D eigenvalue weighted by molar-refractivity contribution is -0.120. The molecule has 0 unspecified atom stereocenters. The van der Waals surface area contributed by atoms with Gasteiger partial charge in [0, 0.05) is 23.6 Å². The third kappa shape index (κ3) is 5.82. The topological polar surface area (TPSA) is 38.3 Å². The normalized spacial score (nSPS) is 10.2. The zero-order valence-electron chi connectivity index (χ0n) is 12.7. The van der Waals surface area contributed by atoms with Crippen molar-refractivity contribution in [2.75, 3.05) is 12.4 Å². The Kier molecular flexibility index (Phi) is 6.84. The molecule has 0 radical (unpaired) electrons. The smallest absolute Gasteiger partial charge is 0.221 e. The van der Waals surface area contributed by atoms with E-state index >= 15 is 0 Å². The molecular formula is C18H21NO2S. The minimum Gasteiger partial charge on any atom is -0.494 e. The number of benzene rings is 2. The molecule has 1 N–H and O–H groups in total. The second-order valence-corrected chi connectivity index (χ2v) is 5.93. The minimum absolute atomic E-state index is 0.0808. The third-order valence-electron chi connectivity index (χ3n) is 3.07. The zero-order chi connectivity index (χ0) is 15.6. The maximum Gasteiger partial charge on any atom is 0.221 e. The Morgan fingerprint density at radius 2 is 1.82 bits per heavy atom. The molecule has 0 saturated heterocycles. The number of amides is 1. The molecule has 0 atom stereocenters. The van der Waals surface area contributed by atoms with Crippen molar-refractivity contribution in [2.24, 2.45) is 0 Å². The van der Waals surface area contributed by atoms with Gasteiger partial charge in [-0.25, -0.2) is 0 Å². The Labute approximate surface area is 136 Å².